The van der Waals surface area contributed by atoms with Gasteiger partial charge in [-0.3, -0.25) is 0 Å². The number of carbonyl (C=O) groups is 1. The first-order valence-electron chi connectivity index (χ1n) is 3.27. The Kier molecular flexibility index (Phi) is 2.96. The van der Waals surface area contributed by atoms with Gasteiger partial charge in [-0.1, -0.05) is 0 Å². The molecule has 1 saturated heterocycles. The number of halogens is 1. The SMILES string of the molecule is O=C(Cl)OC1CCCCO1. The molecule has 1 unspecified atom stereocenters. The Labute approximate surface area is 64.3 Å². The van der Waals surface area contributed by atoms with Crippen molar-refractivity contribution in [1.29, 1.82) is 0 Å². The minimum atomic E-state index is -0.785. The first-order chi connectivity index (χ1) is 4.79. The molecule has 4 heteroatoms. The van der Waals surface area contributed by atoms with Gasteiger partial charge in [-0.25, -0.2) is 4.79 Å². The Morgan fingerprint density at radius 3 is 2.90 bits per heavy atom. The molecule has 0 aromatic carbocycles. The van der Waals surface area contributed by atoms with Crippen molar-refractivity contribution >= 4 is 17.0 Å². The first-order valence-corrected chi connectivity index (χ1v) is 3.64. The van der Waals surface area contributed by atoms with Crippen LogP contribution in [0.15, 0.2) is 0 Å². The molecule has 0 N–H and O–H groups in total. The number of ether oxygens (including phenoxy) is 2. The predicted octanol–water partition coefficient (Wildman–Crippen LogP) is 1.89. The summed E-state index contributed by atoms with van der Waals surface area (Å²) in [6, 6.07) is 0. The maximum absolute atomic E-state index is 10.2. The molecule has 0 spiro atoms. The van der Waals surface area contributed by atoms with E-state index in [2.05, 4.69) is 4.74 Å². The van der Waals surface area contributed by atoms with Crippen molar-refractivity contribution in [2.24, 2.45) is 0 Å². The van der Waals surface area contributed by atoms with Gasteiger partial charge in [-0.2, -0.15) is 0 Å². The molecular formula is C6H9ClO3. The van der Waals surface area contributed by atoms with Crippen LogP contribution < -0.4 is 0 Å². The summed E-state index contributed by atoms with van der Waals surface area (Å²) in [5, 5.41) is 0. The van der Waals surface area contributed by atoms with Gasteiger partial charge in [0.25, 0.3) is 0 Å². The number of rotatable bonds is 1. The monoisotopic (exact) mass is 164 g/mol. The zero-order chi connectivity index (χ0) is 7.40. The summed E-state index contributed by atoms with van der Waals surface area (Å²) in [7, 11) is 0. The van der Waals surface area contributed by atoms with Crippen LogP contribution in [0.5, 0.6) is 0 Å². The highest BCUT2D eigenvalue weighted by molar-refractivity contribution is 6.61. The number of carbonyl (C=O) groups excluding carboxylic acids is 1. The molecule has 58 valence electrons. The van der Waals surface area contributed by atoms with Gasteiger partial charge in [-0.15, -0.1) is 0 Å². The van der Waals surface area contributed by atoms with Gasteiger partial charge < -0.3 is 9.47 Å². The van der Waals surface area contributed by atoms with Crippen LogP contribution in [-0.2, 0) is 9.47 Å². The Morgan fingerprint density at radius 2 is 2.40 bits per heavy atom. The van der Waals surface area contributed by atoms with Gasteiger partial charge in [0.2, 0.25) is 6.29 Å². The molecule has 0 aliphatic carbocycles. The average molecular weight is 165 g/mol. The third-order valence-corrected chi connectivity index (χ3v) is 1.45. The van der Waals surface area contributed by atoms with Gasteiger partial charge >= 0.3 is 5.43 Å². The van der Waals surface area contributed by atoms with E-state index in [1.807, 2.05) is 0 Å². The summed E-state index contributed by atoms with van der Waals surface area (Å²) in [5.41, 5.74) is -0.785. The van der Waals surface area contributed by atoms with Crippen LogP contribution >= 0.6 is 11.6 Å². The highest BCUT2D eigenvalue weighted by atomic mass is 35.5. The molecule has 3 nitrogen and oxygen atoms in total. The first kappa shape index (κ1) is 7.82. The Balaban J connectivity index is 2.19. The van der Waals surface area contributed by atoms with Crippen molar-refractivity contribution in [2.45, 2.75) is 25.6 Å². The van der Waals surface area contributed by atoms with Crippen LogP contribution in [0.3, 0.4) is 0 Å². The average Bonchev–Trinajstić information content (AvgIpc) is 1.88. The zero-order valence-corrected chi connectivity index (χ0v) is 6.26. The molecule has 1 rings (SSSR count). The van der Waals surface area contributed by atoms with E-state index >= 15 is 0 Å². The van der Waals surface area contributed by atoms with E-state index in [0.717, 1.165) is 19.3 Å². The van der Waals surface area contributed by atoms with Crippen LogP contribution in [-0.4, -0.2) is 18.3 Å². The van der Waals surface area contributed by atoms with E-state index in [0.29, 0.717) is 6.61 Å². The molecule has 0 aromatic heterocycles. The molecule has 1 fully saturated rings. The summed E-state index contributed by atoms with van der Waals surface area (Å²) < 4.78 is 9.66. The van der Waals surface area contributed by atoms with Crippen LogP contribution in [0, 0.1) is 0 Å². The lowest BCUT2D eigenvalue weighted by atomic mass is 10.2. The van der Waals surface area contributed by atoms with E-state index in [1.165, 1.54) is 0 Å². The molecule has 0 amide bonds. The van der Waals surface area contributed by atoms with E-state index < -0.39 is 11.7 Å². The third kappa shape index (κ3) is 2.54. The molecule has 1 aliphatic rings. The lowest BCUT2D eigenvalue weighted by Crippen LogP contribution is -2.22. The fourth-order valence-corrected chi connectivity index (χ4v) is 1.01. The summed E-state index contributed by atoms with van der Waals surface area (Å²) >= 11 is 4.97. The maximum Gasteiger partial charge on any atom is 0.406 e. The smallest absolute Gasteiger partial charge is 0.406 e. The van der Waals surface area contributed by atoms with Crippen molar-refractivity contribution in [2.75, 3.05) is 6.61 Å². The van der Waals surface area contributed by atoms with Crippen molar-refractivity contribution in [3.8, 4) is 0 Å². The molecule has 10 heavy (non-hydrogen) atoms. The maximum atomic E-state index is 10.2. The molecule has 0 aromatic rings. The second kappa shape index (κ2) is 3.78. The Hall–Kier alpha value is -0.280. The molecular weight excluding hydrogens is 156 g/mol. The van der Waals surface area contributed by atoms with Gasteiger partial charge in [0.1, 0.15) is 0 Å². The lowest BCUT2D eigenvalue weighted by molar-refractivity contribution is -0.120. The van der Waals surface area contributed by atoms with E-state index in [9.17, 15) is 4.79 Å². The van der Waals surface area contributed by atoms with Crippen molar-refractivity contribution in [1.82, 2.24) is 0 Å². The summed E-state index contributed by atoms with van der Waals surface area (Å²) in [6.07, 6.45) is 2.43. The second-order valence-corrected chi connectivity index (χ2v) is 2.46. The molecule has 1 atom stereocenters. The highest BCUT2D eigenvalue weighted by Gasteiger charge is 2.16. The Bertz CT molecular complexity index is 120. The predicted molar refractivity (Wildman–Crippen MR) is 35.9 cm³/mol. The Morgan fingerprint density at radius 1 is 1.60 bits per heavy atom. The normalized spacial score (nSPS) is 25.9. The summed E-state index contributed by atoms with van der Waals surface area (Å²) in [6.45, 7) is 0.662. The van der Waals surface area contributed by atoms with Crippen LogP contribution in [0.25, 0.3) is 0 Å². The van der Waals surface area contributed by atoms with E-state index in [4.69, 9.17) is 16.3 Å². The minimum absolute atomic E-state index is 0.404. The summed E-state index contributed by atoms with van der Waals surface area (Å²) in [4.78, 5) is 10.2. The third-order valence-electron chi connectivity index (χ3n) is 1.36. The highest BCUT2D eigenvalue weighted by Crippen LogP contribution is 2.14. The zero-order valence-electron chi connectivity index (χ0n) is 5.51. The molecule has 0 bridgehead atoms. The molecule has 0 saturated carbocycles. The molecule has 1 heterocycles. The molecule has 1 aliphatic heterocycles. The van der Waals surface area contributed by atoms with Crippen LogP contribution in [0.2, 0.25) is 0 Å². The minimum Gasteiger partial charge on any atom is -0.424 e. The van der Waals surface area contributed by atoms with Crippen LogP contribution in [0.4, 0.5) is 4.79 Å². The van der Waals surface area contributed by atoms with E-state index in [-0.39, 0.29) is 0 Å². The lowest BCUT2D eigenvalue weighted by Gasteiger charge is -2.20. The van der Waals surface area contributed by atoms with Gasteiger partial charge in [-0.05, 0) is 12.8 Å². The van der Waals surface area contributed by atoms with Gasteiger partial charge in [0.15, 0.2) is 0 Å². The van der Waals surface area contributed by atoms with Crippen molar-refractivity contribution < 1.29 is 14.3 Å². The van der Waals surface area contributed by atoms with Crippen molar-refractivity contribution in [3.05, 3.63) is 0 Å². The van der Waals surface area contributed by atoms with Gasteiger partial charge in [0.05, 0.1) is 6.61 Å². The largest absolute Gasteiger partial charge is 0.424 e. The molecule has 0 radical (unpaired) electrons. The number of hydrogen-bond acceptors (Lipinski definition) is 3. The van der Waals surface area contributed by atoms with E-state index in [1.54, 1.807) is 0 Å². The van der Waals surface area contributed by atoms with Gasteiger partial charge in [0, 0.05) is 18.0 Å². The fraction of sp³-hybridized carbons (Fsp3) is 0.833. The summed E-state index contributed by atoms with van der Waals surface area (Å²) in [5.74, 6) is 0. The topological polar surface area (TPSA) is 35.5 Å². The quantitative estimate of drug-likeness (QED) is 0.556. The standard InChI is InChI=1S/C6H9ClO3/c7-6(8)10-5-3-1-2-4-9-5/h5H,1-4H2. The van der Waals surface area contributed by atoms with Crippen molar-refractivity contribution in [3.63, 3.8) is 0 Å². The second-order valence-electron chi connectivity index (χ2n) is 2.15. The fourth-order valence-electron chi connectivity index (χ4n) is 0.907. The number of hydrogen-bond donors (Lipinski definition) is 0. The van der Waals surface area contributed by atoms with Crippen LogP contribution in [0.1, 0.15) is 19.3 Å².